The van der Waals surface area contributed by atoms with Crippen LogP contribution in [0.5, 0.6) is 0 Å². The van der Waals surface area contributed by atoms with Crippen LogP contribution in [0.25, 0.3) is 16.9 Å². The Morgan fingerprint density at radius 1 is 1.11 bits per heavy atom. The monoisotopic (exact) mass is 376 g/mol. The quantitative estimate of drug-likeness (QED) is 0.587. The highest BCUT2D eigenvalue weighted by molar-refractivity contribution is 7.14. The number of aromatic nitrogens is 5. The number of thiazole rings is 1. The number of benzene rings is 2. The molecule has 0 spiro atoms. The molecule has 8 heteroatoms. The third-order valence-electron chi connectivity index (χ3n) is 4.27. The SMILES string of the molecule is Cc1ccc(-c2csc(NC(=O)c3ccccc3-n3cnnn3)n2)cc1C. The van der Waals surface area contributed by atoms with E-state index in [1.54, 1.807) is 18.2 Å². The van der Waals surface area contributed by atoms with Gasteiger partial charge in [0.2, 0.25) is 0 Å². The molecule has 0 radical (unpaired) electrons. The number of carbonyl (C=O) groups is 1. The van der Waals surface area contributed by atoms with Crippen molar-refractivity contribution < 1.29 is 4.79 Å². The Hall–Kier alpha value is -3.39. The smallest absolute Gasteiger partial charge is 0.259 e. The van der Waals surface area contributed by atoms with E-state index in [1.807, 2.05) is 17.5 Å². The van der Waals surface area contributed by atoms with Crippen molar-refractivity contribution in [2.45, 2.75) is 13.8 Å². The number of tetrazole rings is 1. The summed E-state index contributed by atoms with van der Waals surface area (Å²) in [6.45, 7) is 4.15. The van der Waals surface area contributed by atoms with E-state index < -0.39 is 0 Å². The van der Waals surface area contributed by atoms with Crippen LogP contribution < -0.4 is 5.32 Å². The lowest BCUT2D eigenvalue weighted by molar-refractivity contribution is 0.102. The molecule has 0 aliphatic heterocycles. The Bertz CT molecular complexity index is 1100. The number of amides is 1. The van der Waals surface area contributed by atoms with Gasteiger partial charge in [0, 0.05) is 10.9 Å². The van der Waals surface area contributed by atoms with Gasteiger partial charge in [0.25, 0.3) is 5.91 Å². The Morgan fingerprint density at radius 3 is 2.74 bits per heavy atom. The number of anilines is 1. The highest BCUT2D eigenvalue weighted by Crippen LogP contribution is 2.27. The fourth-order valence-corrected chi connectivity index (χ4v) is 3.38. The Kier molecular flexibility index (Phi) is 4.47. The van der Waals surface area contributed by atoms with Gasteiger partial charge in [-0.1, -0.05) is 24.3 Å². The summed E-state index contributed by atoms with van der Waals surface area (Å²) in [7, 11) is 0. The van der Waals surface area contributed by atoms with Crippen LogP contribution in [-0.4, -0.2) is 31.1 Å². The maximum Gasteiger partial charge on any atom is 0.259 e. The van der Waals surface area contributed by atoms with Crippen molar-refractivity contribution >= 4 is 22.4 Å². The van der Waals surface area contributed by atoms with Crippen molar-refractivity contribution in [1.29, 1.82) is 0 Å². The molecule has 2 aromatic carbocycles. The normalized spacial score (nSPS) is 10.7. The first-order valence-corrected chi connectivity index (χ1v) is 9.16. The molecule has 0 saturated heterocycles. The summed E-state index contributed by atoms with van der Waals surface area (Å²) in [6.07, 6.45) is 1.45. The van der Waals surface area contributed by atoms with Gasteiger partial charge in [0.1, 0.15) is 6.33 Å². The van der Waals surface area contributed by atoms with Gasteiger partial charge >= 0.3 is 0 Å². The zero-order valence-corrected chi connectivity index (χ0v) is 15.6. The maximum atomic E-state index is 12.7. The Labute approximate surface area is 159 Å². The molecule has 7 nitrogen and oxygen atoms in total. The summed E-state index contributed by atoms with van der Waals surface area (Å²) in [6, 6.07) is 13.3. The summed E-state index contributed by atoms with van der Waals surface area (Å²) >= 11 is 1.39. The second-order valence-electron chi connectivity index (χ2n) is 6.06. The number of rotatable bonds is 4. The van der Waals surface area contributed by atoms with E-state index in [0.29, 0.717) is 16.4 Å². The molecule has 2 heterocycles. The predicted molar refractivity (Wildman–Crippen MR) is 104 cm³/mol. The highest BCUT2D eigenvalue weighted by Gasteiger charge is 2.15. The first-order chi connectivity index (χ1) is 13.1. The molecule has 4 rings (SSSR count). The van der Waals surface area contributed by atoms with Crippen LogP contribution in [0.2, 0.25) is 0 Å². The fourth-order valence-electron chi connectivity index (χ4n) is 2.67. The van der Waals surface area contributed by atoms with Gasteiger partial charge in [0.05, 0.1) is 16.9 Å². The van der Waals surface area contributed by atoms with Gasteiger partial charge in [-0.2, -0.15) is 4.68 Å². The van der Waals surface area contributed by atoms with Crippen molar-refractivity contribution in [2.75, 3.05) is 5.32 Å². The van der Waals surface area contributed by atoms with E-state index in [2.05, 4.69) is 51.8 Å². The lowest BCUT2D eigenvalue weighted by atomic mass is 10.1. The molecule has 2 aromatic heterocycles. The van der Waals surface area contributed by atoms with Crippen LogP contribution >= 0.6 is 11.3 Å². The van der Waals surface area contributed by atoms with Crippen LogP contribution in [0.4, 0.5) is 5.13 Å². The van der Waals surface area contributed by atoms with Crippen LogP contribution in [0.3, 0.4) is 0 Å². The second kappa shape index (κ2) is 7.08. The largest absolute Gasteiger partial charge is 0.298 e. The third kappa shape index (κ3) is 3.47. The number of hydrogen-bond donors (Lipinski definition) is 1. The molecule has 0 aliphatic carbocycles. The highest BCUT2D eigenvalue weighted by atomic mass is 32.1. The van der Waals surface area contributed by atoms with Gasteiger partial charge in [-0.15, -0.1) is 16.4 Å². The number of nitrogens with zero attached hydrogens (tertiary/aromatic N) is 5. The lowest BCUT2D eigenvalue weighted by Crippen LogP contribution is -2.15. The average Bonchev–Trinajstić information content (AvgIpc) is 3.36. The summed E-state index contributed by atoms with van der Waals surface area (Å²) in [5.74, 6) is -0.262. The van der Waals surface area contributed by atoms with E-state index >= 15 is 0 Å². The predicted octanol–water partition coefficient (Wildman–Crippen LogP) is 3.65. The van der Waals surface area contributed by atoms with Crippen molar-refractivity contribution in [3.63, 3.8) is 0 Å². The fraction of sp³-hybridized carbons (Fsp3) is 0.105. The molecular weight excluding hydrogens is 360 g/mol. The molecule has 0 aliphatic rings. The minimum Gasteiger partial charge on any atom is -0.298 e. The minimum absolute atomic E-state index is 0.262. The van der Waals surface area contributed by atoms with E-state index in [1.165, 1.54) is 33.5 Å². The molecule has 0 atom stereocenters. The van der Waals surface area contributed by atoms with E-state index in [0.717, 1.165) is 11.3 Å². The van der Waals surface area contributed by atoms with Crippen molar-refractivity contribution in [3.8, 4) is 16.9 Å². The maximum absolute atomic E-state index is 12.7. The van der Waals surface area contributed by atoms with Gasteiger partial charge < -0.3 is 0 Å². The van der Waals surface area contributed by atoms with Crippen LogP contribution in [0.1, 0.15) is 21.5 Å². The van der Waals surface area contributed by atoms with E-state index in [-0.39, 0.29) is 5.91 Å². The second-order valence-corrected chi connectivity index (χ2v) is 6.92. The summed E-state index contributed by atoms with van der Waals surface area (Å²) in [5.41, 5.74) is 5.39. The van der Waals surface area contributed by atoms with Gasteiger partial charge in [-0.05, 0) is 53.6 Å². The molecule has 0 bridgehead atoms. The van der Waals surface area contributed by atoms with E-state index in [9.17, 15) is 4.79 Å². The molecule has 134 valence electrons. The van der Waals surface area contributed by atoms with Crippen molar-refractivity contribution in [2.24, 2.45) is 0 Å². The number of carbonyl (C=O) groups excluding carboxylic acids is 1. The zero-order chi connectivity index (χ0) is 18.8. The van der Waals surface area contributed by atoms with Crippen molar-refractivity contribution in [1.82, 2.24) is 25.2 Å². The van der Waals surface area contributed by atoms with Crippen LogP contribution in [0, 0.1) is 13.8 Å². The standard InChI is InChI=1S/C19H16N6OS/c1-12-7-8-14(9-13(12)2)16-10-27-19(21-16)22-18(26)15-5-3-4-6-17(15)25-11-20-23-24-25/h3-11H,1-2H3,(H,21,22,26). The number of aryl methyl sites for hydroxylation is 2. The third-order valence-corrected chi connectivity index (χ3v) is 5.03. The van der Waals surface area contributed by atoms with Gasteiger partial charge in [-0.25, -0.2) is 4.98 Å². The molecular formula is C19H16N6OS. The zero-order valence-electron chi connectivity index (χ0n) is 14.7. The molecule has 27 heavy (non-hydrogen) atoms. The van der Waals surface area contributed by atoms with Crippen LogP contribution in [0.15, 0.2) is 54.2 Å². The Morgan fingerprint density at radius 2 is 1.96 bits per heavy atom. The van der Waals surface area contributed by atoms with Crippen LogP contribution in [-0.2, 0) is 0 Å². The number of para-hydroxylation sites is 1. The molecule has 1 N–H and O–H groups in total. The molecule has 1 amide bonds. The average molecular weight is 376 g/mol. The summed E-state index contributed by atoms with van der Waals surface area (Å²) in [4.78, 5) is 17.3. The van der Waals surface area contributed by atoms with Gasteiger partial charge in [0.15, 0.2) is 5.13 Å². The number of hydrogen-bond acceptors (Lipinski definition) is 6. The molecule has 0 unspecified atom stereocenters. The van der Waals surface area contributed by atoms with E-state index in [4.69, 9.17) is 0 Å². The summed E-state index contributed by atoms with van der Waals surface area (Å²) < 4.78 is 1.46. The van der Waals surface area contributed by atoms with Gasteiger partial charge in [-0.3, -0.25) is 10.1 Å². The molecule has 0 fully saturated rings. The lowest BCUT2D eigenvalue weighted by Gasteiger charge is -2.07. The topological polar surface area (TPSA) is 85.6 Å². The molecule has 0 saturated carbocycles. The Balaban J connectivity index is 1.58. The van der Waals surface area contributed by atoms with Crippen molar-refractivity contribution in [3.05, 3.63) is 70.9 Å². The number of nitrogens with one attached hydrogen (secondary N) is 1. The minimum atomic E-state index is -0.262. The molecule has 4 aromatic rings. The first kappa shape index (κ1) is 17.0. The summed E-state index contributed by atoms with van der Waals surface area (Å²) in [5, 5.41) is 16.4. The first-order valence-electron chi connectivity index (χ1n) is 8.29.